The van der Waals surface area contributed by atoms with Crippen molar-refractivity contribution in [2.75, 3.05) is 27.3 Å². The van der Waals surface area contributed by atoms with Gasteiger partial charge in [0.15, 0.2) is 0 Å². The Morgan fingerprint density at radius 1 is 1.16 bits per heavy atom. The summed E-state index contributed by atoms with van der Waals surface area (Å²) in [6.45, 7) is 7.60. The molecule has 0 aliphatic heterocycles. The fraction of sp³-hybridized carbons (Fsp3) is 0.545. The van der Waals surface area contributed by atoms with Gasteiger partial charge in [0.05, 0.1) is 13.7 Å². The Balaban J connectivity index is 3.20. The fourth-order valence-electron chi connectivity index (χ4n) is 2.99. The zero-order valence-electron chi connectivity index (χ0n) is 19.6. The molecule has 0 radical (unpaired) electrons. The van der Waals surface area contributed by atoms with Crippen LogP contribution in [-0.2, 0) is 23.9 Å². The molecular formula is C22H33N3O7. The normalized spacial score (nSPS) is 12.9. The third-order valence-electron chi connectivity index (χ3n) is 4.51. The van der Waals surface area contributed by atoms with Crippen LogP contribution >= 0.6 is 0 Å². The molecule has 0 bridgehead atoms. The van der Waals surface area contributed by atoms with Crippen molar-refractivity contribution in [2.45, 2.75) is 52.3 Å². The first-order chi connectivity index (χ1) is 14.8. The monoisotopic (exact) mass is 451 g/mol. The number of hydrogen-bond acceptors (Lipinski definition) is 7. The maximum Gasteiger partial charge on any atom is 0.408 e. The van der Waals surface area contributed by atoms with Gasteiger partial charge in [-0.15, -0.1) is 0 Å². The van der Waals surface area contributed by atoms with Crippen molar-refractivity contribution in [3.05, 3.63) is 34.9 Å². The number of hydrogen-bond donors (Lipinski definition) is 3. The highest BCUT2D eigenvalue weighted by Crippen LogP contribution is 2.25. The van der Waals surface area contributed by atoms with Crippen molar-refractivity contribution in [2.24, 2.45) is 0 Å². The number of aryl methyl sites for hydroxylation is 2. The summed E-state index contributed by atoms with van der Waals surface area (Å²) in [7, 11) is 2.57. The lowest BCUT2D eigenvalue weighted by atomic mass is 9.97. The molecule has 3 amide bonds. The zero-order chi connectivity index (χ0) is 24.6. The van der Waals surface area contributed by atoms with Crippen LogP contribution in [0.5, 0.6) is 0 Å². The van der Waals surface area contributed by atoms with E-state index in [1.807, 2.05) is 13.0 Å². The first-order valence-electron chi connectivity index (χ1n) is 10.1. The van der Waals surface area contributed by atoms with E-state index in [4.69, 9.17) is 4.74 Å². The summed E-state index contributed by atoms with van der Waals surface area (Å²) in [6, 6.07) is 2.91. The van der Waals surface area contributed by atoms with E-state index >= 15 is 0 Å². The highest BCUT2D eigenvalue weighted by Gasteiger charge is 2.34. The maximum atomic E-state index is 13.1. The maximum absolute atomic E-state index is 13.1. The van der Waals surface area contributed by atoms with Gasteiger partial charge in [-0.1, -0.05) is 23.8 Å². The molecule has 0 aliphatic rings. The number of likely N-dealkylation sites (N-methyl/N-ethyl adjacent to an activating group) is 1. The number of alkyl carbamates (subject to hydrolysis) is 1. The quantitative estimate of drug-likeness (QED) is 0.502. The lowest BCUT2D eigenvalue weighted by Gasteiger charge is -2.31. The molecule has 0 heterocycles. The number of nitrogens with one attached hydrogen (secondary N) is 2. The molecule has 2 unspecified atom stereocenters. The smallest absolute Gasteiger partial charge is 0.408 e. The van der Waals surface area contributed by atoms with E-state index in [0.717, 1.165) is 16.0 Å². The number of aliphatic hydroxyl groups excluding tert-OH is 1. The van der Waals surface area contributed by atoms with E-state index in [1.54, 1.807) is 39.8 Å². The van der Waals surface area contributed by atoms with Crippen LogP contribution in [0.15, 0.2) is 18.2 Å². The summed E-state index contributed by atoms with van der Waals surface area (Å²) >= 11 is 0. The molecule has 10 heteroatoms. The molecule has 2 atom stereocenters. The largest absolute Gasteiger partial charge is 0.468 e. The second-order valence-corrected chi connectivity index (χ2v) is 8.39. The molecule has 0 saturated heterocycles. The Hall–Kier alpha value is -3.14. The number of carbonyl (C=O) groups excluding carboxylic acids is 4. The molecular weight excluding hydrogens is 418 g/mol. The van der Waals surface area contributed by atoms with Crippen LogP contribution in [-0.4, -0.2) is 72.8 Å². The van der Waals surface area contributed by atoms with Crippen LogP contribution in [0.25, 0.3) is 0 Å². The minimum Gasteiger partial charge on any atom is -0.468 e. The number of carbonyl (C=O) groups is 4. The average Bonchev–Trinajstić information content (AvgIpc) is 2.69. The van der Waals surface area contributed by atoms with Crippen LogP contribution in [0.1, 0.15) is 43.5 Å². The van der Waals surface area contributed by atoms with E-state index in [9.17, 15) is 24.3 Å². The van der Waals surface area contributed by atoms with Gasteiger partial charge in [0, 0.05) is 7.05 Å². The third-order valence-corrected chi connectivity index (χ3v) is 4.51. The molecule has 178 valence electrons. The summed E-state index contributed by atoms with van der Waals surface area (Å²) in [5, 5.41) is 14.5. The van der Waals surface area contributed by atoms with E-state index < -0.39 is 48.2 Å². The van der Waals surface area contributed by atoms with Gasteiger partial charge in [0.1, 0.15) is 24.2 Å². The molecule has 0 fully saturated rings. The summed E-state index contributed by atoms with van der Waals surface area (Å²) in [6.07, 6.45) is -0.878. The Morgan fingerprint density at radius 2 is 1.78 bits per heavy atom. The second-order valence-electron chi connectivity index (χ2n) is 8.39. The lowest BCUT2D eigenvalue weighted by Crippen LogP contribution is -2.53. The van der Waals surface area contributed by atoms with Crippen LogP contribution in [0.3, 0.4) is 0 Å². The summed E-state index contributed by atoms with van der Waals surface area (Å²) in [5.41, 5.74) is 1.45. The minimum absolute atomic E-state index is 0.377. The number of esters is 1. The van der Waals surface area contributed by atoms with Crippen molar-refractivity contribution in [1.29, 1.82) is 0 Å². The van der Waals surface area contributed by atoms with Crippen molar-refractivity contribution in [1.82, 2.24) is 15.5 Å². The molecule has 1 aromatic carbocycles. The third kappa shape index (κ3) is 7.84. The molecule has 0 aromatic heterocycles. The molecule has 0 spiro atoms. The predicted octanol–water partition coefficient (Wildman–Crippen LogP) is 0.978. The van der Waals surface area contributed by atoms with Gasteiger partial charge < -0.3 is 30.1 Å². The predicted molar refractivity (Wildman–Crippen MR) is 117 cm³/mol. The fourth-order valence-corrected chi connectivity index (χ4v) is 2.99. The van der Waals surface area contributed by atoms with E-state index in [-0.39, 0.29) is 6.54 Å². The Bertz CT molecular complexity index is 848. The first-order valence-corrected chi connectivity index (χ1v) is 10.1. The molecule has 1 rings (SSSR count). The zero-order valence-corrected chi connectivity index (χ0v) is 19.6. The van der Waals surface area contributed by atoms with Gasteiger partial charge >= 0.3 is 12.1 Å². The molecule has 3 N–H and O–H groups in total. The Kier molecular flexibility index (Phi) is 9.64. The van der Waals surface area contributed by atoms with Gasteiger partial charge in [-0.25, -0.2) is 4.79 Å². The molecule has 32 heavy (non-hydrogen) atoms. The molecule has 0 aliphatic carbocycles. The highest BCUT2D eigenvalue weighted by molar-refractivity contribution is 5.93. The molecule has 0 saturated carbocycles. The summed E-state index contributed by atoms with van der Waals surface area (Å²) in [5.74, 6) is -1.98. The average molecular weight is 452 g/mol. The summed E-state index contributed by atoms with van der Waals surface area (Å²) in [4.78, 5) is 50.7. The highest BCUT2D eigenvalue weighted by atomic mass is 16.6. The minimum atomic E-state index is -1.34. The Labute approximate surface area is 188 Å². The van der Waals surface area contributed by atoms with Gasteiger partial charge in [-0.05, 0) is 45.7 Å². The SMILES string of the molecule is COC(=O)CNC(=O)C(c1ccc(C)cc1C)N(C)C(=O)C(CO)NC(=O)OC(C)(C)C. The number of benzene rings is 1. The van der Waals surface area contributed by atoms with Gasteiger partial charge in [0.2, 0.25) is 11.8 Å². The molecule has 10 nitrogen and oxygen atoms in total. The number of aliphatic hydroxyl groups is 1. The van der Waals surface area contributed by atoms with E-state index in [0.29, 0.717) is 5.56 Å². The van der Waals surface area contributed by atoms with Crippen molar-refractivity contribution in [3.63, 3.8) is 0 Å². The standard InChI is InChI=1S/C22H33N3O7/c1-13-8-9-15(14(2)10-13)18(19(28)23-11-17(27)31-7)25(6)20(29)16(12-26)24-21(30)32-22(3,4)5/h8-10,16,18,26H,11-12H2,1-7H3,(H,23,28)(H,24,30). The van der Waals surface area contributed by atoms with E-state index in [2.05, 4.69) is 15.4 Å². The van der Waals surface area contributed by atoms with Crippen LogP contribution in [0.2, 0.25) is 0 Å². The van der Waals surface area contributed by atoms with E-state index in [1.165, 1.54) is 14.2 Å². The number of amides is 3. The first kappa shape index (κ1) is 26.9. The summed E-state index contributed by atoms with van der Waals surface area (Å²) < 4.78 is 9.68. The van der Waals surface area contributed by atoms with Gasteiger partial charge in [-0.2, -0.15) is 0 Å². The van der Waals surface area contributed by atoms with Crippen LogP contribution in [0, 0.1) is 13.8 Å². The molecule has 1 aromatic rings. The van der Waals surface area contributed by atoms with Crippen LogP contribution < -0.4 is 10.6 Å². The van der Waals surface area contributed by atoms with Crippen molar-refractivity contribution in [3.8, 4) is 0 Å². The number of methoxy groups -OCH3 is 1. The number of rotatable bonds is 8. The Morgan fingerprint density at radius 3 is 2.28 bits per heavy atom. The van der Waals surface area contributed by atoms with Gasteiger partial charge in [-0.3, -0.25) is 14.4 Å². The topological polar surface area (TPSA) is 134 Å². The second kappa shape index (κ2) is 11.5. The van der Waals surface area contributed by atoms with Crippen molar-refractivity contribution < 1.29 is 33.8 Å². The van der Waals surface area contributed by atoms with Crippen LogP contribution in [0.4, 0.5) is 4.79 Å². The number of ether oxygens (including phenoxy) is 2. The number of nitrogens with zero attached hydrogens (tertiary/aromatic N) is 1. The lowest BCUT2D eigenvalue weighted by molar-refractivity contribution is -0.144. The van der Waals surface area contributed by atoms with Gasteiger partial charge in [0.25, 0.3) is 0 Å². The van der Waals surface area contributed by atoms with Crippen molar-refractivity contribution >= 4 is 23.9 Å².